The molecule has 0 unspecified atom stereocenters. The van der Waals surface area contributed by atoms with Crippen molar-refractivity contribution in [3.63, 3.8) is 0 Å². The molecule has 1 aromatic carbocycles. The maximum Gasteiger partial charge on any atom is 0.270 e. The SMILES string of the molecule is Cc1nc(N)sc1-c1nc(-c2ccc(F)cc2Cl)no1. The summed E-state index contributed by atoms with van der Waals surface area (Å²) in [5.74, 6) is 0.178. The van der Waals surface area contributed by atoms with Gasteiger partial charge in [-0.15, -0.1) is 0 Å². The van der Waals surface area contributed by atoms with Crippen molar-refractivity contribution in [1.29, 1.82) is 0 Å². The fraction of sp³-hybridized carbons (Fsp3) is 0.0833. The molecular formula is C12H8ClFN4OS. The van der Waals surface area contributed by atoms with Gasteiger partial charge in [-0.3, -0.25) is 0 Å². The number of hydrogen-bond donors (Lipinski definition) is 1. The Balaban J connectivity index is 2.04. The molecule has 3 rings (SSSR count). The normalized spacial score (nSPS) is 10.9. The Kier molecular flexibility index (Phi) is 3.15. The summed E-state index contributed by atoms with van der Waals surface area (Å²) in [5.41, 5.74) is 6.84. The van der Waals surface area contributed by atoms with Crippen LogP contribution in [0.15, 0.2) is 22.7 Å². The molecule has 2 heterocycles. The molecule has 3 aromatic rings. The summed E-state index contributed by atoms with van der Waals surface area (Å²) in [5, 5.41) is 4.50. The zero-order chi connectivity index (χ0) is 14.3. The minimum atomic E-state index is -0.423. The van der Waals surface area contributed by atoms with E-state index in [2.05, 4.69) is 15.1 Å². The fourth-order valence-electron chi connectivity index (χ4n) is 1.71. The molecule has 0 amide bonds. The molecule has 0 saturated carbocycles. The number of nitrogen functional groups attached to an aromatic ring is 1. The highest BCUT2D eigenvalue weighted by molar-refractivity contribution is 7.18. The van der Waals surface area contributed by atoms with Gasteiger partial charge in [0.2, 0.25) is 5.82 Å². The minimum absolute atomic E-state index is 0.220. The van der Waals surface area contributed by atoms with Crippen molar-refractivity contribution in [1.82, 2.24) is 15.1 Å². The first-order chi connectivity index (χ1) is 9.54. The van der Waals surface area contributed by atoms with E-state index < -0.39 is 5.82 Å². The Labute approximate surface area is 122 Å². The van der Waals surface area contributed by atoms with Crippen LogP contribution in [0.25, 0.3) is 22.2 Å². The lowest BCUT2D eigenvalue weighted by molar-refractivity contribution is 0.433. The van der Waals surface area contributed by atoms with Gasteiger partial charge in [-0.1, -0.05) is 28.1 Å². The van der Waals surface area contributed by atoms with Crippen molar-refractivity contribution in [2.24, 2.45) is 0 Å². The first-order valence-corrected chi connectivity index (χ1v) is 6.76. The topological polar surface area (TPSA) is 77.8 Å². The second-order valence-corrected chi connectivity index (χ2v) is 5.45. The van der Waals surface area contributed by atoms with E-state index in [-0.39, 0.29) is 10.8 Å². The number of halogens is 2. The van der Waals surface area contributed by atoms with E-state index in [1.165, 1.54) is 29.5 Å². The molecule has 0 bridgehead atoms. The Morgan fingerprint density at radius 1 is 1.35 bits per heavy atom. The Hall–Kier alpha value is -1.99. The van der Waals surface area contributed by atoms with Crippen LogP contribution in [-0.2, 0) is 0 Å². The number of aromatic nitrogens is 3. The number of nitrogens with two attached hydrogens (primary N) is 1. The molecule has 2 aromatic heterocycles. The van der Waals surface area contributed by atoms with Crippen molar-refractivity contribution >= 4 is 28.1 Å². The quantitative estimate of drug-likeness (QED) is 0.783. The number of anilines is 1. The zero-order valence-corrected chi connectivity index (χ0v) is 11.8. The second-order valence-electron chi connectivity index (χ2n) is 4.01. The Morgan fingerprint density at radius 2 is 2.15 bits per heavy atom. The van der Waals surface area contributed by atoms with Gasteiger partial charge in [0.05, 0.1) is 10.7 Å². The van der Waals surface area contributed by atoms with E-state index in [0.29, 0.717) is 27.2 Å². The van der Waals surface area contributed by atoms with E-state index >= 15 is 0 Å². The summed E-state index contributed by atoms with van der Waals surface area (Å²) in [4.78, 5) is 9.04. The lowest BCUT2D eigenvalue weighted by Gasteiger charge is -1.97. The maximum absolute atomic E-state index is 13.0. The van der Waals surface area contributed by atoms with Gasteiger partial charge >= 0.3 is 0 Å². The second kappa shape index (κ2) is 4.84. The highest BCUT2D eigenvalue weighted by atomic mass is 35.5. The molecule has 0 aliphatic heterocycles. The van der Waals surface area contributed by atoms with Crippen molar-refractivity contribution < 1.29 is 8.91 Å². The van der Waals surface area contributed by atoms with Gasteiger partial charge in [0.15, 0.2) is 5.13 Å². The van der Waals surface area contributed by atoms with E-state index in [9.17, 15) is 4.39 Å². The van der Waals surface area contributed by atoms with E-state index in [0.717, 1.165) is 0 Å². The predicted octanol–water partition coefficient (Wildman–Crippen LogP) is 3.54. The monoisotopic (exact) mass is 310 g/mol. The van der Waals surface area contributed by atoms with Gasteiger partial charge in [-0.2, -0.15) is 4.98 Å². The highest BCUT2D eigenvalue weighted by Gasteiger charge is 2.17. The highest BCUT2D eigenvalue weighted by Crippen LogP contribution is 2.33. The minimum Gasteiger partial charge on any atom is -0.375 e. The molecule has 2 N–H and O–H groups in total. The van der Waals surface area contributed by atoms with Crippen LogP contribution in [0.5, 0.6) is 0 Å². The van der Waals surface area contributed by atoms with Crippen molar-refractivity contribution in [2.75, 3.05) is 5.73 Å². The number of nitrogens with zero attached hydrogens (tertiary/aromatic N) is 3. The van der Waals surface area contributed by atoms with Crippen LogP contribution in [0.3, 0.4) is 0 Å². The summed E-state index contributed by atoms with van der Waals surface area (Å²) in [6.07, 6.45) is 0. The van der Waals surface area contributed by atoms with Gasteiger partial charge in [0.1, 0.15) is 10.7 Å². The van der Waals surface area contributed by atoms with E-state index in [1.54, 1.807) is 6.92 Å². The molecular weight excluding hydrogens is 303 g/mol. The lowest BCUT2D eigenvalue weighted by atomic mass is 10.2. The molecule has 20 heavy (non-hydrogen) atoms. The van der Waals surface area contributed by atoms with Crippen molar-refractivity contribution in [3.05, 3.63) is 34.7 Å². The smallest absolute Gasteiger partial charge is 0.270 e. The van der Waals surface area contributed by atoms with Crippen molar-refractivity contribution in [2.45, 2.75) is 6.92 Å². The van der Waals surface area contributed by atoms with Gasteiger partial charge in [-0.05, 0) is 25.1 Å². The Bertz CT molecular complexity index is 786. The van der Waals surface area contributed by atoms with Gasteiger partial charge < -0.3 is 10.3 Å². The molecule has 5 nitrogen and oxygen atoms in total. The number of rotatable bonds is 2. The molecule has 0 aliphatic carbocycles. The average Bonchev–Trinajstić information content (AvgIpc) is 2.96. The first kappa shape index (κ1) is 13.0. The zero-order valence-electron chi connectivity index (χ0n) is 10.2. The van der Waals surface area contributed by atoms with E-state index in [4.69, 9.17) is 21.9 Å². The summed E-state index contributed by atoms with van der Waals surface area (Å²) in [6.45, 7) is 1.80. The molecule has 0 spiro atoms. The van der Waals surface area contributed by atoms with Crippen LogP contribution in [-0.4, -0.2) is 15.1 Å². The number of benzene rings is 1. The van der Waals surface area contributed by atoms with Gasteiger partial charge in [-0.25, -0.2) is 9.37 Å². The molecule has 0 aliphatic rings. The summed E-state index contributed by atoms with van der Waals surface area (Å²) < 4.78 is 18.2. The molecule has 102 valence electrons. The predicted molar refractivity (Wildman–Crippen MR) is 75.0 cm³/mol. The summed E-state index contributed by atoms with van der Waals surface area (Å²) in [7, 11) is 0. The largest absolute Gasteiger partial charge is 0.375 e. The summed E-state index contributed by atoms with van der Waals surface area (Å²) >= 11 is 7.22. The van der Waals surface area contributed by atoms with Gasteiger partial charge in [0, 0.05) is 5.56 Å². The number of hydrogen-bond acceptors (Lipinski definition) is 6. The van der Waals surface area contributed by atoms with Crippen LogP contribution >= 0.6 is 22.9 Å². The van der Waals surface area contributed by atoms with Crippen molar-refractivity contribution in [3.8, 4) is 22.2 Å². The lowest BCUT2D eigenvalue weighted by Crippen LogP contribution is -1.84. The summed E-state index contributed by atoms with van der Waals surface area (Å²) in [6, 6.07) is 3.98. The van der Waals surface area contributed by atoms with Gasteiger partial charge in [0.25, 0.3) is 5.89 Å². The van der Waals surface area contributed by atoms with Crippen LogP contribution in [0.1, 0.15) is 5.69 Å². The third kappa shape index (κ3) is 2.25. The third-order valence-electron chi connectivity index (χ3n) is 2.61. The third-order valence-corrected chi connectivity index (χ3v) is 3.89. The molecule has 8 heteroatoms. The Morgan fingerprint density at radius 3 is 2.80 bits per heavy atom. The first-order valence-electron chi connectivity index (χ1n) is 5.57. The average molecular weight is 311 g/mol. The fourth-order valence-corrected chi connectivity index (χ4v) is 2.72. The molecule has 0 saturated heterocycles. The van der Waals surface area contributed by atoms with Crippen LogP contribution in [0, 0.1) is 12.7 Å². The molecule has 0 radical (unpaired) electrons. The van der Waals surface area contributed by atoms with Crippen LogP contribution < -0.4 is 5.73 Å². The van der Waals surface area contributed by atoms with Crippen LogP contribution in [0.2, 0.25) is 5.02 Å². The standard InChI is InChI=1S/C12H8ClFN4OS/c1-5-9(20-12(15)16-5)11-17-10(18-19-11)7-3-2-6(14)4-8(7)13/h2-4H,1H3,(H2,15,16). The maximum atomic E-state index is 13.0. The van der Waals surface area contributed by atoms with Crippen LogP contribution in [0.4, 0.5) is 9.52 Å². The number of thiazole rings is 1. The number of aryl methyl sites for hydroxylation is 1. The molecule has 0 atom stereocenters. The molecule has 0 fully saturated rings. The van der Waals surface area contributed by atoms with E-state index in [1.807, 2.05) is 0 Å².